The van der Waals surface area contributed by atoms with Crippen LogP contribution in [0.15, 0.2) is 29.3 Å². The van der Waals surface area contributed by atoms with Gasteiger partial charge in [0.05, 0.1) is 36.0 Å². The molecule has 0 saturated heterocycles. The molecule has 0 fully saturated rings. The maximum Gasteiger partial charge on any atom is 0.286 e. The van der Waals surface area contributed by atoms with E-state index in [0.29, 0.717) is 31.1 Å². The predicted octanol–water partition coefficient (Wildman–Crippen LogP) is 0.818. The Morgan fingerprint density at radius 3 is 2.73 bits per heavy atom. The predicted molar refractivity (Wildman–Crippen MR) is 76.6 cm³/mol. The molecule has 22 heavy (non-hydrogen) atoms. The van der Waals surface area contributed by atoms with Gasteiger partial charge in [-0.3, -0.25) is 4.79 Å². The highest BCUT2D eigenvalue weighted by atomic mass is 32.2. The van der Waals surface area contributed by atoms with Crippen LogP contribution in [0.1, 0.15) is 16.9 Å². The quantitative estimate of drug-likeness (QED) is 0.880. The minimum atomic E-state index is -4.03. The Kier molecular flexibility index (Phi) is 3.94. The van der Waals surface area contributed by atoms with Crippen LogP contribution in [0, 0.1) is 0 Å². The number of aromatic nitrogens is 2. The lowest BCUT2D eigenvalue weighted by Crippen LogP contribution is -2.30. The van der Waals surface area contributed by atoms with Crippen molar-refractivity contribution in [3.63, 3.8) is 0 Å². The van der Waals surface area contributed by atoms with Gasteiger partial charge in [-0.25, -0.2) is 13.1 Å². The van der Waals surface area contributed by atoms with Crippen LogP contribution >= 0.6 is 11.7 Å². The van der Waals surface area contributed by atoms with Crippen LogP contribution in [-0.2, 0) is 10.0 Å². The van der Waals surface area contributed by atoms with E-state index < -0.39 is 15.9 Å². The maximum atomic E-state index is 12.2. The first-order chi connectivity index (χ1) is 10.6. The van der Waals surface area contributed by atoms with Gasteiger partial charge in [-0.05, 0) is 12.1 Å². The van der Waals surface area contributed by atoms with Gasteiger partial charge >= 0.3 is 0 Å². The number of sulfonamides is 1. The molecule has 1 N–H and O–H groups in total. The Morgan fingerprint density at radius 2 is 2.00 bits per heavy atom. The van der Waals surface area contributed by atoms with Crippen molar-refractivity contribution in [1.82, 2.24) is 13.5 Å². The molecule has 0 radical (unpaired) electrons. The number of ether oxygens (including phenoxy) is 2. The number of carbonyl (C=O) groups is 1. The molecule has 1 amide bonds. The summed E-state index contributed by atoms with van der Waals surface area (Å²) in [4.78, 5) is 11.7. The van der Waals surface area contributed by atoms with Gasteiger partial charge in [0.25, 0.3) is 15.9 Å². The van der Waals surface area contributed by atoms with Gasteiger partial charge in [0.2, 0.25) is 0 Å². The van der Waals surface area contributed by atoms with E-state index in [-0.39, 0.29) is 10.6 Å². The van der Waals surface area contributed by atoms with Crippen molar-refractivity contribution in [2.24, 2.45) is 0 Å². The molecule has 0 aliphatic carbocycles. The molecule has 1 aromatic carbocycles. The average molecular weight is 341 g/mol. The highest BCUT2D eigenvalue weighted by Gasteiger charge is 2.22. The maximum absolute atomic E-state index is 12.2. The number of hydrogen-bond donors (Lipinski definition) is 1. The van der Waals surface area contributed by atoms with Crippen molar-refractivity contribution in [3.8, 4) is 11.5 Å². The topological polar surface area (TPSA) is 107 Å². The van der Waals surface area contributed by atoms with E-state index in [2.05, 4.69) is 8.75 Å². The molecule has 0 saturated carbocycles. The lowest BCUT2D eigenvalue weighted by Gasteiger charge is -2.10. The summed E-state index contributed by atoms with van der Waals surface area (Å²) in [5, 5.41) is 0. The molecule has 0 unspecified atom stereocenters. The van der Waals surface area contributed by atoms with E-state index in [1.807, 2.05) is 4.72 Å². The van der Waals surface area contributed by atoms with Crippen LogP contribution in [0.2, 0.25) is 0 Å². The first-order valence-corrected chi connectivity index (χ1v) is 8.52. The zero-order chi connectivity index (χ0) is 15.6. The van der Waals surface area contributed by atoms with E-state index >= 15 is 0 Å². The zero-order valence-corrected chi connectivity index (χ0v) is 12.8. The van der Waals surface area contributed by atoms with Crippen LogP contribution in [0.5, 0.6) is 11.5 Å². The summed E-state index contributed by atoms with van der Waals surface area (Å²) in [6, 6.07) is 4.18. The summed E-state index contributed by atoms with van der Waals surface area (Å²) in [6.07, 6.45) is 1.91. The van der Waals surface area contributed by atoms with Crippen LogP contribution in [-0.4, -0.2) is 36.3 Å². The monoisotopic (exact) mass is 341 g/mol. The fourth-order valence-corrected chi connectivity index (χ4v) is 3.20. The molecule has 1 aliphatic rings. The first-order valence-electron chi connectivity index (χ1n) is 6.30. The molecule has 2 aromatic rings. The molecule has 3 rings (SSSR count). The van der Waals surface area contributed by atoms with E-state index in [0.717, 1.165) is 11.7 Å². The summed E-state index contributed by atoms with van der Waals surface area (Å²) in [6.45, 7) is 0.944. The number of hydrogen-bond acceptors (Lipinski definition) is 8. The summed E-state index contributed by atoms with van der Waals surface area (Å²) in [5.74, 6) is -0.0181. The second-order valence-electron chi connectivity index (χ2n) is 4.39. The molecular weight excluding hydrogens is 330 g/mol. The highest BCUT2D eigenvalue weighted by Crippen LogP contribution is 2.31. The van der Waals surface area contributed by atoms with Gasteiger partial charge in [-0.2, -0.15) is 8.75 Å². The molecule has 0 bridgehead atoms. The minimum Gasteiger partial charge on any atom is -0.490 e. The van der Waals surface area contributed by atoms with Crippen molar-refractivity contribution in [1.29, 1.82) is 0 Å². The van der Waals surface area contributed by atoms with Crippen molar-refractivity contribution >= 4 is 27.7 Å². The average Bonchev–Trinajstić information content (AvgIpc) is 2.92. The van der Waals surface area contributed by atoms with E-state index in [1.165, 1.54) is 24.4 Å². The number of benzene rings is 1. The first kappa shape index (κ1) is 14.7. The minimum absolute atomic E-state index is 0.0529. The summed E-state index contributed by atoms with van der Waals surface area (Å²) >= 11 is 0.818. The Hall–Kier alpha value is -2.20. The molecule has 2 heterocycles. The standard InChI is InChI=1S/C12H11N3O5S2/c16-12(9-7-13-21-14-9)15-22(17,18)8-2-3-10-11(6-8)20-5-1-4-19-10/h2-3,6-7H,1,4-5H2,(H,15,16). The Morgan fingerprint density at radius 1 is 1.23 bits per heavy atom. The largest absolute Gasteiger partial charge is 0.490 e. The van der Waals surface area contributed by atoms with Gasteiger partial charge in [0.15, 0.2) is 17.2 Å². The number of carbonyl (C=O) groups excluding carboxylic acids is 1. The number of nitrogens with one attached hydrogen (secondary N) is 1. The second-order valence-corrected chi connectivity index (χ2v) is 6.63. The van der Waals surface area contributed by atoms with E-state index in [4.69, 9.17) is 9.47 Å². The molecule has 0 atom stereocenters. The van der Waals surface area contributed by atoms with Crippen LogP contribution in [0.4, 0.5) is 0 Å². The van der Waals surface area contributed by atoms with Gasteiger partial charge in [0.1, 0.15) is 0 Å². The fourth-order valence-electron chi connectivity index (χ4n) is 1.81. The lowest BCUT2D eigenvalue weighted by atomic mass is 10.3. The van der Waals surface area contributed by atoms with Crippen molar-refractivity contribution in [3.05, 3.63) is 30.1 Å². The van der Waals surface area contributed by atoms with Crippen molar-refractivity contribution in [2.45, 2.75) is 11.3 Å². The number of rotatable bonds is 3. The fraction of sp³-hybridized carbons (Fsp3) is 0.250. The Bertz CT molecular complexity index is 789. The molecule has 116 valence electrons. The lowest BCUT2D eigenvalue weighted by molar-refractivity contribution is 0.0977. The van der Waals surface area contributed by atoms with Crippen LogP contribution in [0.3, 0.4) is 0 Å². The normalized spacial score (nSPS) is 14.2. The van der Waals surface area contributed by atoms with Crippen LogP contribution < -0.4 is 14.2 Å². The summed E-state index contributed by atoms with van der Waals surface area (Å²) < 4.78 is 44.6. The molecule has 10 heteroatoms. The third kappa shape index (κ3) is 3.02. The SMILES string of the molecule is O=C(NS(=O)(=O)c1ccc2c(c1)OCCCO2)c1cnsn1. The van der Waals surface area contributed by atoms with Crippen molar-refractivity contribution < 1.29 is 22.7 Å². The summed E-state index contributed by atoms with van der Waals surface area (Å²) in [5.41, 5.74) is -0.0529. The number of nitrogens with zero attached hydrogens (tertiary/aromatic N) is 2. The van der Waals surface area contributed by atoms with Crippen molar-refractivity contribution in [2.75, 3.05) is 13.2 Å². The van der Waals surface area contributed by atoms with Crippen LogP contribution in [0.25, 0.3) is 0 Å². The number of amides is 1. The third-order valence-corrected chi connectivity index (χ3v) is 4.66. The van der Waals surface area contributed by atoms with E-state index in [9.17, 15) is 13.2 Å². The van der Waals surface area contributed by atoms with Gasteiger partial charge in [-0.15, -0.1) is 0 Å². The molecular formula is C12H11N3O5S2. The highest BCUT2D eigenvalue weighted by molar-refractivity contribution is 7.90. The van der Waals surface area contributed by atoms with Gasteiger partial charge < -0.3 is 9.47 Å². The van der Waals surface area contributed by atoms with Gasteiger partial charge in [0, 0.05) is 12.5 Å². The van der Waals surface area contributed by atoms with E-state index in [1.54, 1.807) is 0 Å². The second kappa shape index (κ2) is 5.89. The third-order valence-electron chi connectivity index (χ3n) is 2.85. The Labute approximate surface area is 130 Å². The molecule has 1 aliphatic heterocycles. The molecule has 8 nitrogen and oxygen atoms in total. The smallest absolute Gasteiger partial charge is 0.286 e. The molecule has 0 spiro atoms. The number of fused-ring (bicyclic) bond motifs is 1. The summed E-state index contributed by atoms with van der Waals surface area (Å²) in [7, 11) is -4.03. The Balaban J connectivity index is 1.86. The zero-order valence-electron chi connectivity index (χ0n) is 11.2. The van der Waals surface area contributed by atoms with Gasteiger partial charge in [-0.1, -0.05) is 0 Å². The molecule has 1 aromatic heterocycles.